The zero-order chi connectivity index (χ0) is 29.7. The molecule has 1 fully saturated rings. The highest BCUT2D eigenvalue weighted by molar-refractivity contribution is 6.26. The summed E-state index contributed by atoms with van der Waals surface area (Å²) < 4.78 is 5.30. The number of aliphatic hydroxyl groups excluding tert-OH is 4. The van der Waals surface area contributed by atoms with Gasteiger partial charge in [-0.15, -0.1) is 0 Å². The molecular formula is C26H25N5O9. The maximum atomic E-state index is 14.3. The Balaban J connectivity index is 1.92. The molecule has 3 aliphatic carbocycles. The van der Waals surface area contributed by atoms with Crippen molar-refractivity contribution < 1.29 is 44.3 Å². The van der Waals surface area contributed by atoms with Gasteiger partial charge in [0, 0.05) is 0 Å². The highest BCUT2D eigenvalue weighted by Gasteiger charge is 2.79. The van der Waals surface area contributed by atoms with Crippen molar-refractivity contribution >= 4 is 23.2 Å². The molecular weight excluding hydrogens is 526 g/mol. The molecule has 6 atom stereocenters. The number of benzene rings is 1. The molecule has 11 N–H and O–H groups in total. The highest BCUT2D eigenvalue weighted by atomic mass is 16.3. The number of likely N-dealkylation sites (N-methyl/N-ethyl adjacent to an activating group) is 1. The summed E-state index contributed by atoms with van der Waals surface area (Å²) in [5, 5.41) is 67.5. The molecule has 14 nitrogen and oxygen atoms in total. The van der Waals surface area contributed by atoms with Gasteiger partial charge in [-0.25, -0.2) is 0 Å². The SMILES string of the molecule is CN(C)[C@@H]1C(=O)C(C(N)=O)=C(O)[C@@]2(C#N)C(=O)C3=C(O)c4c(ccc(-c5ccco5)c4O)[C@H](O)[C@@]3(N)[C@H](O)[C@@]12N. The Morgan fingerprint density at radius 1 is 1.12 bits per heavy atom. The first-order valence-electron chi connectivity index (χ1n) is 11.8. The van der Waals surface area contributed by atoms with Crippen LogP contribution in [0.1, 0.15) is 17.2 Å². The van der Waals surface area contributed by atoms with E-state index in [1.54, 1.807) is 6.07 Å². The number of hydrogen-bond acceptors (Lipinski definition) is 13. The van der Waals surface area contributed by atoms with Crippen molar-refractivity contribution in [2.45, 2.75) is 29.3 Å². The summed E-state index contributed by atoms with van der Waals surface area (Å²) in [6.45, 7) is 0. The van der Waals surface area contributed by atoms with Crippen molar-refractivity contribution in [3.63, 3.8) is 0 Å². The zero-order valence-electron chi connectivity index (χ0n) is 21.1. The molecule has 1 saturated carbocycles. The van der Waals surface area contributed by atoms with Crippen LogP contribution in [-0.4, -0.2) is 85.2 Å². The van der Waals surface area contributed by atoms with Gasteiger partial charge in [0.2, 0.25) is 0 Å². The van der Waals surface area contributed by atoms with Crippen LogP contribution in [0.25, 0.3) is 17.1 Å². The maximum Gasteiger partial charge on any atom is 0.255 e. The molecule has 0 bridgehead atoms. The average molecular weight is 552 g/mol. The first-order chi connectivity index (χ1) is 18.6. The number of nitrogens with two attached hydrogens (primary N) is 3. The lowest BCUT2D eigenvalue weighted by molar-refractivity contribution is -0.158. The Labute approximate surface area is 225 Å². The number of amides is 1. The van der Waals surface area contributed by atoms with Gasteiger partial charge < -0.3 is 47.2 Å². The Bertz CT molecular complexity index is 1620. The van der Waals surface area contributed by atoms with Gasteiger partial charge in [0.25, 0.3) is 5.91 Å². The topological polar surface area (TPSA) is 271 Å². The molecule has 3 aliphatic rings. The van der Waals surface area contributed by atoms with Crippen molar-refractivity contribution in [2.24, 2.45) is 22.6 Å². The molecule has 0 aliphatic heterocycles. The van der Waals surface area contributed by atoms with Crippen LogP contribution >= 0.6 is 0 Å². The van der Waals surface area contributed by atoms with Crippen LogP contribution in [0.5, 0.6) is 5.75 Å². The molecule has 1 aromatic heterocycles. The number of nitriles is 1. The van der Waals surface area contributed by atoms with Crippen molar-refractivity contribution in [1.29, 1.82) is 5.26 Å². The molecule has 40 heavy (non-hydrogen) atoms. The van der Waals surface area contributed by atoms with Gasteiger partial charge in [0.1, 0.15) is 51.9 Å². The van der Waals surface area contributed by atoms with Crippen molar-refractivity contribution in [2.75, 3.05) is 14.1 Å². The molecule has 14 heteroatoms. The third-order valence-corrected chi connectivity index (χ3v) is 8.24. The van der Waals surface area contributed by atoms with Crippen LogP contribution in [0.4, 0.5) is 0 Å². The average Bonchev–Trinajstić information content (AvgIpc) is 3.40. The number of aliphatic hydroxyl groups is 4. The number of ketones is 2. The number of carbonyl (C=O) groups excluding carboxylic acids is 3. The minimum atomic E-state index is -3.10. The Kier molecular flexibility index (Phi) is 5.58. The normalized spacial score (nSPS) is 33.4. The lowest BCUT2D eigenvalue weighted by Gasteiger charge is -2.61. The van der Waals surface area contributed by atoms with E-state index in [2.05, 4.69) is 0 Å². The van der Waals surface area contributed by atoms with E-state index < -0.39 is 86.2 Å². The van der Waals surface area contributed by atoms with Crippen molar-refractivity contribution in [3.05, 3.63) is 58.6 Å². The van der Waals surface area contributed by atoms with E-state index in [1.165, 1.54) is 44.6 Å². The van der Waals surface area contributed by atoms with E-state index in [0.29, 0.717) is 0 Å². The van der Waals surface area contributed by atoms with Crippen LogP contribution in [0.2, 0.25) is 0 Å². The lowest BCUT2D eigenvalue weighted by Crippen LogP contribution is -2.87. The minimum absolute atomic E-state index is 0.0503. The molecule has 0 saturated heterocycles. The van der Waals surface area contributed by atoms with Gasteiger partial charge in [0.05, 0.1) is 35.1 Å². The summed E-state index contributed by atoms with van der Waals surface area (Å²) in [7, 11) is 2.59. The fourth-order valence-electron chi connectivity index (χ4n) is 6.44. The number of Topliss-reactive ketones (excluding diaryl/α,β-unsaturated/α-hetero) is 2. The van der Waals surface area contributed by atoms with E-state index >= 15 is 0 Å². The van der Waals surface area contributed by atoms with Crippen molar-refractivity contribution in [3.8, 4) is 23.1 Å². The number of fused-ring (bicyclic) bond motifs is 3. The van der Waals surface area contributed by atoms with Gasteiger partial charge >= 0.3 is 0 Å². The monoisotopic (exact) mass is 551 g/mol. The van der Waals surface area contributed by atoms with Crippen LogP contribution < -0.4 is 17.2 Å². The van der Waals surface area contributed by atoms with Gasteiger partial charge in [-0.3, -0.25) is 19.3 Å². The fraction of sp³-hybridized carbons (Fsp3) is 0.308. The van der Waals surface area contributed by atoms with Gasteiger partial charge in [-0.05, 0) is 37.9 Å². The van der Waals surface area contributed by atoms with E-state index in [1.807, 2.05) is 0 Å². The van der Waals surface area contributed by atoms with Crippen LogP contribution in [0, 0.1) is 16.7 Å². The Hall–Kier alpha value is -4.52. The highest BCUT2D eigenvalue weighted by Crippen LogP contribution is 2.60. The first-order valence-corrected chi connectivity index (χ1v) is 11.8. The summed E-state index contributed by atoms with van der Waals surface area (Å²) in [5.41, 5.74) is 7.18. The number of nitrogens with zero attached hydrogens (tertiary/aromatic N) is 2. The quantitative estimate of drug-likeness (QED) is 0.205. The second-order valence-corrected chi connectivity index (χ2v) is 10.3. The molecule has 1 heterocycles. The summed E-state index contributed by atoms with van der Waals surface area (Å²) >= 11 is 0. The summed E-state index contributed by atoms with van der Waals surface area (Å²) in [4.78, 5) is 41.1. The first kappa shape index (κ1) is 27.1. The van der Waals surface area contributed by atoms with Crippen LogP contribution in [0.3, 0.4) is 0 Å². The second-order valence-electron chi connectivity index (χ2n) is 10.3. The number of furan rings is 1. The van der Waals surface area contributed by atoms with Crippen LogP contribution in [0.15, 0.2) is 51.9 Å². The smallest absolute Gasteiger partial charge is 0.255 e. The predicted octanol–water partition coefficient (Wildman–Crippen LogP) is -1.37. The van der Waals surface area contributed by atoms with E-state index in [4.69, 9.17) is 21.6 Å². The second kappa shape index (κ2) is 8.24. The zero-order valence-corrected chi connectivity index (χ0v) is 21.1. The molecule has 1 aromatic carbocycles. The summed E-state index contributed by atoms with van der Waals surface area (Å²) in [6.07, 6.45) is -3.14. The predicted molar refractivity (Wildman–Crippen MR) is 135 cm³/mol. The molecule has 2 aromatic rings. The third kappa shape index (κ3) is 2.74. The number of rotatable bonds is 3. The maximum absolute atomic E-state index is 14.3. The van der Waals surface area contributed by atoms with E-state index in [-0.39, 0.29) is 16.9 Å². The van der Waals surface area contributed by atoms with Crippen LogP contribution in [-0.2, 0) is 14.4 Å². The van der Waals surface area contributed by atoms with Gasteiger partial charge in [-0.1, -0.05) is 6.07 Å². The number of aromatic hydroxyl groups is 1. The Morgan fingerprint density at radius 3 is 2.30 bits per heavy atom. The minimum Gasteiger partial charge on any atom is -0.509 e. The van der Waals surface area contributed by atoms with Gasteiger partial charge in [-0.2, -0.15) is 5.26 Å². The molecule has 1 amide bonds. The molecule has 5 rings (SSSR count). The number of phenolic OH excluding ortho intramolecular Hbond substituents is 1. The Morgan fingerprint density at radius 2 is 1.77 bits per heavy atom. The van der Waals surface area contributed by atoms with Gasteiger partial charge in [0.15, 0.2) is 17.0 Å². The summed E-state index contributed by atoms with van der Waals surface area (Å²) in [5.74, 6) is -7.17. The summed E-state index contributed by atoms with van der Waals surface area (Å²) in [6, 6.07) is 5.33. The number of carbonyl (C=O) groups is 3. The van der Waals surface area contributed by atoms with E-state index in [0.717, 1.165) is 4.90 Å². The lowest BCUT2D eigenvalue weighted by atomic mass is 9.45. The largest absolute Gasteiger partial charge is 0.509 e. The fourth-order valence-corrected chi connectivity index (χ4v) is 6.44. The molecule has 0 unspecified atom stereocenters. The third-order valence-electron chi connectivity index (χ3n) is 8.24. The molecule has 208 valence electrons. The van der Waals surface area contributed by atoms with Crippen molar-refractivity contribution in [1.82, 2.24) is 4.90 Å². The molecule has 0 spiro atoms. The number of primary amides is 1. The number of phenols is 1. The number of hydrogen-bond donors (Lipinski definition) is 8. The molecule has 0 radical (unpaired) electrons. The van der Waals surface area contributed by atoms with E-state index in [9.17, 15) is 45.2 Å². The standard InChI is InChI=1S/C26H25N5O9/c1-31(2)18-17(34)13(22(28)38)20(36)24(8-27)21(37)14-16(33)12-10(19(35)25(14,29)23(39)26(18,24)30)6-5-9(15(12)32)11-4-3-7-40-11/h3-7,18-19,23,32-33,35-36,39H,29-30H2,1-2H3,(H2,28,38)/t18-,19+,23+,24+,25-,26+/m1/s1.